The number of hydrogen-bond donors (Lipinski definition) is 1. The molecule has 0 spiro atoms. The van der Waals surface area contributed by atoms with E-state index in [4.69, 9.17) is 10.5 Å². The van der Waals surface area contributed by atoms with Gasteiger partial charge in [-0.15, -0.1) is 0 Å². The third-order valence-electron chi connectivity index (χ3n) is 5.14. The van der Waals surface area contributed by atoms with Gasteiger partial charge < -0.3 is 10.5 Å². The van der Waals surface area contributed by atoms with E-state index in [1.165, 1.54) is 5.56 Å². The standard InChI is InChI=1S/C17H29N3O/c1-4-16(2)13-17(14-18,8-12-21-16)20(3)11-7-15-5-9-19-10-6-15/h5-6,9-10H,4,7-8,11-14,18H2,1-3H3. The molecule has 1 saturated heterocycles. The second-order valence-corrected chi connectivity index (χ2v) is 6.53. The molecule has 4 heteroatoms. The molecular weight excluding hydrogens is 262 g/mol. The summed E-state index contributed by atoms with van der Waals surface area (Å²) in [7, 11) is 2.20. The molecule has 0 saturated carbocycles. The molecular formula is C17H29N3O. The van der Waals surface area contributed by atoms with Gasteiger partial charge in [0.25, 0.3) is 0 Å². The fourth-order valence-corrected chi connectivity index (χ4v) is 3.29. The Morgan fingerprint density at radius 1 is 1.38 bits per heavy atom. The molecule has 0 radical (unpaired) electrons. The van der Waals surface area contributed by atoms with Crippen molar-refractivity contribution in [2.75, 3.05) is 26.7 Å². The molecule has 2 heterocycles. The Bertz CT molecular complexity index is 439. The van der Waals surface area contributed by atoms with Crippen LogP contribution >= 0.6 is 0 Å². The molecule has 1 fully saturated rings. The highest BCUT2D eigenvalue weighted by atomic mass is 16.5. The van der Waals surface area contributed by atoms with Crippen LogP contribution in [0.25, 0.3) is 0 Å². The zero-order valence-corrected chi connectivity index (χ0v) is 13.6. The van der Waals surface area contributed by atoms with Crippen LogP contribution in [0.5, 0.6) is 0 Å². The van der Waals surface area contributed by atoms with Crippen LogP contribution in [0.4, 0.5) is 0 Å². The average Bonchev–Trinajstić information content (AvgIpc) is 2.53. The number of pyridine rings is 1. The Morgan fingerprint density at radius 3 is 2.71 bits per heavy atom. The summed E-state index contributed by atoms with van der Waals surface area (Å²) in [5, 5.41) is 0. The van der Waals surface area contributed by atoms with Crippen LogP contribution < -0.4 is 5.73 Å². The summed E-state index contributed by atoms with van der Waals surface area (Å²) in [5.41, 5.74) is 7.53. The summed E-state index contributed by atoms with van der Waals surface area (Å²) >= 11 is 0. The highest BCUT2D eigenvalue weighted by molar-refractivity contribution is 5.10. The summed E-state index contributed by atoms with van der Waals surface area (Å²) < 4.78 is 5.99. The van der Waals surface area contributed by atoms with Crippen molar-refractivity contribution in [1.29, 1.82) is 0 Å². The topological polar surface area (TPSA) is 51.4 Å². The van der Waals surface area contributed by atoms with Crippen LogP contribution in [-0.2, 0) is 11.2 Å². The van der Waals surface area contributed by atoms with Gasteiger partial charge in [0.15, 0.2) is 0 Å². The lowest BCUT2D eigenvalue weighted by Crippen LogP contribution is -2.60. The van der Waals surface area contributed by atoms with Gasteiger partial charge in [-0.25, -0.2) is 0 Å². The Labute approximate surface area is 128 Å². The van der Waals surface area contributed by atoms with Crippen molar-refractivity contribution in [3.63, 3.8) is 0 Å². The highest BCUT2D eigenvalue weighted by Gasteiger charge is 2.43. The second-order valence-electron chi connectivity index (χ2n) is 6.53. The minimum Gasteiger partial charge on any atom is -0.375 e. The minimum atomic E-state index is -0.0391. The van der Waals surface area contributed by atoms with Crippen molar-refractivity contribution in [2.45, 2.75) is 50.7 Å². The van der Waals surface area contributed by atoms with E-state index in [-0.39, 0.29) is 11.1 Å². The van der Waals surface area contributed by atoms with E-state index >= 15 is 0 Å². The van der Waals surface area contributed by atoms with Gasteiger partial charge in [0.2, 0.25) is 0 Å². The monoisotopic (exact) mass is 291 g/mol. The maximum Gasteiger partial charge on any atom is 0.0670 e. The van der Waals surface area contributed by atoms with E-state index in [1.807, 2.05) is 12.4 Å². The van der Waals surface area contributed by atoms with E-state index in [9.17, 15) is 0 Å². The molecule has 0 aliphatic carbocycles. The van der Waals surface area contributed by atoms with Crippen LogP contribution in [0, 0.1) is 0 Å². The first-order chi connectivity index (χ1) is 10.0. The maximum absolute atomic E-state index is 6.18. The fraction of sp³-hybridized carbons (Fsp3) is 0.706. The molecule has 0 amide bonds. The molecule has 0 bridgehead atoms. The third kappa shape index (κ3) is 3.82. The normalized spacial score (nSPS) is 29.8. The lowest BCUT2D eigenvalue weighted by molar-refractivity contribution is -0.124. The summed E-state index contributed by atoms with van der Waals surface area (Å²) in [6, 6.07) is 4.17. The third-order valence-corrected chi connectivity index (χ3v) is 5.14. The lowest BCUT2D eigenvalue weighted by atomic mass is 9.78. The van der Waals surface area contributed by atoms with Gasteiger partial charge in [-0.2, -0.15) is 0 Å². The van der Waals surface area contributed by atoms with E-state index < -0.39 is 0 Å². The highest BCUT2D eigenvalue weighted by Crippen LogP contribution is 2.37. The van der Waals surface area contributed by atoms with Gasteiger partial charge >= 0.3 is 0 Å². The molecule has 2 unspecified atom stereocenters. The van der Waals surface area contributed by atoms with Gasteiger partial charge in [0.05, 0.1) is 5.60 Å². The molecule has 4 nitrogen and oxygen atoms in total. The van der Waals surface area contributed by atoms with Crippen molar-refractivity contribution < 1.29 is 4.74 Å². The van der Waals surface area contributed by atoms with Crippen LogP contribution in [0.2, 0.25) is 0 Å². The van der Waals surface area contributed by atoms with Crippen molar-refractivity contribution in [1.82, 2.24) is 9.88 Å². The average molecular weight is 291 g/mol. The molecule has 21 heavy (non-hydrogen) atoms. The van der Waals surface area contributed by atoms with Gasteiger partial charge in [0, 0.05) is 37.6 Å². The molecule has 1 aromatic rings. The Balaban J connectivity index is 2.02. The number of rotatable bonds is 6. The molecule has 1 aliphatic rings. The van der Waals surface area contributed by atoms with E-state index in [0.717, 1.165) is 38.8 Å². The van der Waals surface area contributed by atoms with Crippen molar-refractivity contribution in [2.24, 2.45) is 5.73 Å². The Morgan fingerprint density at radius 2 is 2.10 bits per heavy atom. The van der Waals surface area contributed by atoms with E-state index in [0.29, 0.717) is 6.54 Å². The number of aromatic nitrogens is 1. The number of likely N-dealkylation sites (N-methyl/N-ethyl adjacent to an activating group) is 1. The van der Waals surface area contributed by atoms with Gasteiger partial charge in [0.1, 0.15) is 0 Å². The van der Waals surface area contributed by atoms with Crippen LogP contribution in [-0.4, -0.2) is 47.8 Å². The Hall–Kier alpha value is -0.970. The number of nitrogens with two attached hydrogens (primary N) is 1. The SMILES string of the molecule is CCC1(C)CC(CN)(N(C)CCc2ccncc2)CCO1. The second kappa shape index (κ2) is 6.86. The largest absolute Gasteiger partial charge is 0.375 e. The first-order valence-electron chi connectivity index (χ1n) is 7.98. The molecule has 118 valence electrons. The van der Waals surface area contributed by atoms with Crippen molar-refractivity contribution >= 4 is 0 Å². The molecule has 1 aromatic heterocycles. The summed E-state index contributed by atoms with van der Waals surface area (Å²) in [6.07, 6.45) is 7.82. The molecule has 2 rings (SSSR count). The summed E-state index contributed by atoms with van der Waals surface area (Å²) in [5.74, 6) is 0. The molecule has 0 aromatic carbocycles. The van der Waals surface area contributed by atoms with E-state index in [2.05, 4.69) is 42.9 Å². The van der Waals surface area contributed by atoms with Gasteiger partial charge in [-0.3, -0.25) is 9.88 Å². The van der Waals surface area contributed by atoms with Crippen molar-refractivity contribution in [3.8, 4) is 0 Å². The fourth-order valence-electron chi connectivity index (χ4n) is 3.29. The zero-order valence-electron chi connectivity index (χ0n) is 13.6. The predicted octanol–water partition coefficient (Wildman–Crippen LogP) is 2.23. The number of hydrogen-bond acceptors (Lipinski definition) is 4. The van der Waals surface area contributed by atoms with Gasteiger partial charge in [-0.05, 0) is 57.4 Å². The quantitative estimate of drug-likeness (QED) is 0.873. The lowest BCUT2D eigenvalue weighted by Gasteiger charge is -2.50. The van der Waals surface area contributed by atoms with Gasteiger partial charge in [-0.1, -0.05) is 6.92 Å². The number of nitrogens with zero attached hydrogens (tertiary/aromatic N) is 2. The Kier molecular flexibility index (Phi) is 5.36. The predicted molar refractivity (Wildman–Crippen MR) is 86.2 cm³/mol. The summed E-state index contributed by atoms with van der Waals surface area (Å²) in [4.78, 5) is 6.52. The van der Waals surface area contributed by atoms with Crippen LogP contribution in [0.1, 0.15) is 38.7 Å². The number of ether oxygens (including phenoxy) is 1. The van der Waals surface area contributed by atoms with E-state index in [1.54, 1.807) is 0 Å². The zero-order chi connectivity index (χ0) is 15.3. The first kappa shape index (κ1) is 16.4. The molecule has 1 aliphatic heterocycles. The molecule has 2 atom stereocenters. The van der Waals surface area contributed by atoms with Crippen molar-refractivity contribution in [3.05, 3.63) is 30.1 Å². The first-order valence-corrected chi connectivity index (χ1v) is 7.98. The minimum absolute atomic E-state index is 0.0391. The van der Waals surface area contributed by atoms with Crippen LogP contribution in [0.15, 0.2) is 24.5 Å². The summed E-state index contributed by atoms with van der Waals surface area (Å²) in [6.45, 7) is 6.93. The van der Waals surface area contributed by atoms with Crippen LogP contribution in [0.3, 0.4) is 0 Å². The maximum atomic E-state index is 6.18. The smallest absolute Gasteiger partial charge is 0.0670 e. The molecule has 2 N–H and O–H groups in total.